The lowest BCUT2D eigenvalue weighted by molar-refractivity contribution is 0.112. The Morgan fingerprint density at radius 2 is 2.05 bits per heavy atom. The van der Waals surface area contributed by atoms with Gasteiger partial charge in [0, 0.05) is 16.1 Å². The molecule has 0 unspecified atom stereocenters. The Kier molecular flexibility index (Phi) is 5.04. The Bertz CT molecular complexity index is 629. The van der Waals surface area contributed by atoms with Crippen molar-refractivity contribution < 1.29 is 14.3 Å². The molecule has 2 aromatic carbocycles. The third-order valence-electron chi connectivity index (χ3n) is 2.72. The minimum atomic E-state index is 0.315. The summed E-state index contributed by atoms with van der Waals surface area (Å²) in [5.74, 6) is 1.03. The summed E-state index contributed by atoms with van der Waals surface area (Å²) in [6.07, 6.45) is 0.755. The van der Waals surface area contributed by atoms with Crippen molar-refractivity contribution in [1.29, 1.82) is 0 Å². The smallest absolute Gasteiger partial charge is 0.175 e. The number of hydrogen-bond donors (Lipinski definition) is 0. The van der Waals surface area contributed by atoms with Gasteiger partial charge in [0.25, 0.3) is 0 Å². The second-order valence-corrected chi connectivity index (χ2v) is 5.29. The van der Waals surface area contributed by atoms with Crippen LogP contribution >= 0.6 is 27.5 Å². The van der Waals surface area contributed by atoms with E-state index in [0.717, 1.165) is 11.8 Å². The van der Waals surface area contributed by atoms with Gasteiger partial charge in [-0.3, -0.25) is 4.79 Å². The minimum absolute atomic E-state index is 0.315. The first-order valence-corrected chi connectivity index (χ1v) is 7.01. The molecule has 0 amide bonds. The van der Waals surface area contributed by atoms with Gasteiger partial charge in [-0.1, -0.05) is 29.8 Å². The largest absolute Gasteiger partial charge is 0.493 e. The van der Waals surface area contributed by atoms with Crippen LogP contribution in [0.1, 0.15) is 15.9 Å². The maximum Gasteiger partial charge on any atom is 0.175 e. The van der Waals surface area contributed by atoms with Gasteiger partial charge in [-0.25, -0.2) is 0 Å². The van der Waals surface area contributed by atoms with Crippen LogP contribution < -0.4 is 9.47 Å². The highest BCUT2D eigenvalue weighted by molar-refractivity contribution is 9.10. The Labute approximate surface area is 130 Å². The molecule has 2 aromatic rings. The highest BCUT2D eigenvalue weighted by atomic mass is 79.9. The molecular formula is C15H12BrClO3. The first-order chi connectivity index (χ1) is 9.65. The van der Waals surface area contributed by atoms with Crippen LogP contribution in [-0.4, -0.2) is 13.4 Å². The molecule has 0 aliphatic carbocycles. The molecule has 3 nitrogen and oxygen atoms in total. The second-order valence-electron chi connectivity index (χ2n) is 4.03. The number of carbonyl (C=O) groups is 1. The Hall–Kier alpha value is -1.52. The van der Waals surface area contributed by atoms with Gasteiger partial charge in [-0.05, 0) is 34.1 Å². The summed E-state index contributed by atoms with van der Waals surface area (Å²) in [5.41, 5.74) is 1.39. The SMILES string of the molecule is COc1cc(C=O)cc(Br)c1OCc1ccccc1Cl. The van der Waals surface area contributed by atoms with Crippen molar-refractivity contribution in [2.24, 2.45) is 0 Å². The molecule has 20 heavy (non-hydrogen) atoms. The lowest BCUT2D eigenvalue weighted by atomic mass is 10.2. The van der Waals surface area contributed by atoms with Crippen molar-refractivity contribution in [3.8, 4) is 11.5 Å². The van der Waals surface area contributed by atoms with E-state index in [0.29, 0.717) is 33.2 Å². The Morgan fingerprint density at radius 3 is 2.70 bits per heavy atom. The molecule has 5 heteroatoms. The highest BCUT2D eigenvalue weighted by Crippen LogP contribution is 2.37. The van der Waals surface area contributed by atoms with Gasteiger partial charge in [0.2, 0.25) is 0 Å². The molecule has 0 N–H and O–H groups in total. The normalized spacial score (nSPS) is 10.2. The van der Waals surface area contributed by atoms with E-state index >= 15 is 0 Å². The van der Waals surface area contributed by atoms with E-state index in [2.05, 4.69) is 15.9 Å². The zero-order valence-corrected chi connectivity index (χ0v) is 13.1. The third kappa shape index (κ3) is 3.32. The molecule has 0 aliphatic heterocycles. The van der Waals surface area contributed by atoms with Gasteiger partial charge in [0.05, 0.1) is 11.6 Å². The molecule has 104 valence electrons. The number of rotatable bonds is 5. The van der Waals surface area contributed by atoms with E-state index in [-0.39, 0.29) is 0 Å². The molecule has 0 saturated carbocycles. The third-order valence-corrected chi connectivity index (χ3v) is 3.68. The molecule has 0 saturated heterocycles. The summed E-state index contributed by atoms with van der Waals surface area (Å²) < 4.78 is 11.7. The first-order valence-electron chi connectivity index (χ1n) is 5.84. The standard InChI is InChI=1S/C15H12BrClO3/c1-19-14-7-10(8-18)6-12(16)15(14)20-9-11-4-2-3-5-13(11)17/h2-8H,9H2,1H3. The van der Waals surface area contributed by atoms with Crippen LogP contribution in [0.5, 0.6) is 11.5 Å². The van der Waals surface area contributed by atoms with Crippen LogP contribution in [0.25, 0.3) is 0 Å². The molecule has 0 aliphatic rings. The van der Waals surface area contributed by atoms with Gasteiger partial charge >= 0.3 is 0 Å². The van der Waals surface area contributed by atoms with Gasteiger partial charge in [0.15, 0.2) is 11.5 Å². The van der Waals surface area contributed by atoms with E-state index in [1.54, 1.807) is 12.1 Å². The summed E-state index contributed by atoms with van der Waals surface area (Å²) in [6, 6.07) is 10.8. The average molecular weight is 356 g/mol. The zero-order valence-electron chi connectivity index (χ0n) is 10.7. The van der Waals surface area contributed by atoms with Gasteiger partial charge in [-0.15, -0.1) is 0 Å². The summed E-state index contributed by atoms with van der Waals surface area (Å²) in [4.78, 5) is 10.8. The minimum Gasteiger partial charge on any atom is -0.493 e. The van der Waals surface area contributed by atoms with Crippen LogP contribution in [-0.2, 0) is 6.61 Å². The molecule has 0 aromatic heterocycles. The number of hydrogen-bond acceptors (Lipinski definition) is 3. The Balaban J connectivity index is 2.25. The van der Waals surface area contributed by atoms with Crippen molar-refractivity contribution >= 4 is 33.8 Å². The highest BCUT2D eigenvalue weighted by Gasteiger charge is 2.12. The van der Waals surface area contributed by atoms with E-state index in [1.807, 2.05) is 24.3 Å². The van der Waals surface area contributed by atoms with Gasteiger partial charge < -0.3 is 9.47 Å². The van der Waals surface area contributed by atoms with Gasteiger partial charge in [0.1, 0.15) is 12.9 Å². The Morgan fingerprint density at radius 1 is 1.30 bits per heavy atom. The second kappa shape index (κ2) is 6.77. The number of ether oxygens (including phenoxy) is 2. The average Bonchev–Trinajstić information content (AvgIpc) is 2.46. The fourth-order valence-electron chi connectivity index (χ4n) is 1.71. The van der Waals surface area contributed by atoms with Crippen molar-refractivity contribution in [3.05, 3.63) is 57.0 Å². The van der Waals surface area contributed by atoms with E-state index in [1.165, 1.54) is 7.11 Å². The number of aldehydes is 1. The molecular weight excluding hydrogens is 344 g/mol. The topological polar surface area (TPSA) is 35.5 Å². The van der Waals surface area contributed by atoms with E-state index < -0.39 is 0 Å². The molecule has 0 heterocycles. The van der Waals surface area contributed by atoms with Crippen LogP contribution in [0.2, 0.25) is 5.02 Å². The lowest BCUT2D eigenvalue weighted by Crippen LogP contribution is -2.00. The quantitative estimate of drug-likeness (QED) is 0.741. The predicted octanol–water partition coefficient (Wildman–Crippen LogP) is 4.50. The number of methoxy groups -OCH3 is 1. The van der Waals surface area contributed by atoms with Crippen LogP contribution in [0.15, 0.2) is 40.9 Å². The van der Waals surface area contributed by atoms with E-state index in [9.17, 15) is 4.79 Å². The van der Waals surface area contributed by atoms with Crippen LogP contribution in [0, 0.1) is 0 Å². The molecule has 0 atom stereocenters. The maximum atomic E-state index is 10.8. The monoisotopic (exact) mass is 354 g/mol. The zero-order chi connectivity index (χ0) is 14.5. The molecule has 2 rings (SSSR count). The summed E-state index contributed by atoms with van der Waals surface area (Å²) in [7, 11) is 1.53. The van der Waals surface area contributed by atoms with Crippen LogP contribution in [0.3, 0.4) is 0 Å². The summed E-state index contributed by atoms with van der Waals surface area (Å²) >= 11 is 9.46. The molecule has 0 radical (unpaired) electrons. The van der Waals surface area contributed by atoms with Crippen LogP contribution in [0.4, 0.5) is 0 Å². The number of carbonyl (C=O) groups excluding carboxylic acids is 1. The fraction of sp³-hybridized carbons (Fsp3) is 0.133. The lowest BCUT2D eigenvalue weighted by Gasteiger charge is -2.13. The molecule has 0 fully saturated rings. The first kappa shape index (κ1) is 14.9. The maximum absolute atomic E-state index is 10.8. The molecule has 0 bridgehead atoms. The van der Waals surface area contributed by atoms with E-state index in [4.69, 9.17) is 21.1 Å². The van der Waals surface area contributed by atoms with Crippen molar-refractivity contribution in [3.63, 3.8) is 0 Å². The van der Waals surface area contributed by atoms with Crippen molar-refractivity contribution in [1.82, 2.24) is 0 Å². The fourth-order valence-corrected chi connectivity index (χ4v) is 2.48. The van der Waals surface area contributed by atoms with Gasteiger partial charge in [-0.2, -0.15) is 0 Å². The number of halogens is 2. The predicted molar refractivity (Wildman–Crippen MR) is 81.9 cm³/mol. The number of benzene rings is 2. The summed E-state index contributed by atoms with van der Waals surface area (Å²) in [6.45, 7) is 0.315. The van der Waals surface area contributed by atoms with Crippen molar-refractivity contribution in [2.45, 2.75) is 6.61 Å². The molecule has 0 spiro atoms. The summed E-state index contributed by atoms with van der Waals surface area (Å²) in [5, 5.41) is 0.645. The van der Waals surface area contributed by atoms with Crippen molar-refractivity contribution in [2.75, 3.05) is 7.11 Å².